The zero-order valence-corrected chi connectivity index (χ0v) is 17.8. The number of ether oxygens (including phenoxy) is 2. The van der Waals surface area contributed by atoms with Crippen molar-refractivity contribution >= 4 is 21.9 Å². The molecule has 0 radical (unpaired) electrons. The third-order valence-corrected chi connectivity index (χ3v) is 6.16. The predicted octanol–water partition coefficient (Wildman–Crippen LogP) is 7.50. The molecule has 4 rings (SSSR count). The second kappa shape index (κ2) is 9.34. The maximum Gasteiger partial charge on any atom is 0.165 e. The largest absolute Gasteiger partial charge is 0.490 e. The summed E-state index contributed by atoms with van der Waals surface area (Å²) in [6, 6.07) is 6.27. The van der Waals surface area contributed by atoms with Crippen LogP contribution in [-0.4, -0.2) is 19.3 Å². The molecule has 0 spiro atoms. The number of hydrogen-bond acceptors (Lipinski definition) is 3. The van der Waals surface area contributed by atoms with Gasteiger partial charge in [0.05, 0.1) is 12.7 Å². The van der Waals surface area contributed by atoms with Crippen LogP contribution < -0.4 is 4.74 Å². The Hall–Kier alpha value is -2.14. The fraction of sp³-hybridized carbons (Fsp3) is 0.520. The van der Waals surface area contributed by atoms with Crippen molar-refractivity contribution in [3.8, 4) is 5.75 Å². The smallest absolute Gasteiger partial charge is 0.165 e. The third kappa shape index (κ3) is 4.31. The maximum atomic E-state index is 15.0. The number of fused-ring (bicyclic) bond motifs is 3. The molecule has 3 nitrogen and oxygen atoms in total. The van der Waals surface area contributed by atoms with Gasteiger partial charge in [-0.05, 0) is 68.7 Å². The minimum atomic E-state index is -0.444. The van der Waals surface area contributed by atoms with Crippen molar-refractivity contribution in [1.82, 2.24) is 0 Å². The van der Waals surface area contributed by atoms with Gasteiger partial charge in [-0.2, -0.15) is 0 Å². The van der Waals surface area contributed by atoms with Crippen LogP contribution in [-0.2, 0) is 4.74 Å². The highest BCUT2D eigenvalue weighted by Crippen LogP contribution is 2.39. The van der Waals surface area contributed by atoms with Gasteiger partial charge in [-0.3, -0.25) is 0 Å². The first-order valence-corrected chi connectivity index (χ1v) is 11.2. The van der Waals surface area contributed by atoms with E-state index < -0.39 is 5.82 Å². The van der Waals surface area contributed by atoms with Crippen molar-refractivity contribution in [2.24, 2.45) is 0 Å². The first-order valence-electron chi connectivity index (χ1n) is 11.2. The molecule has 162 valence electrons. The van der Waals surface area contributed by atoms with Crippen LogP contribution in [0.3, 0.4) is 0 Å². The van der Waals surface area contributed by atoms with Gasteiger partial charge in [-0.25, -0.2) is 8.78 Å². The van der Waals surface area contributed by atoms with Crippen molar-refractivity contribution < 1.29 is 22.7 Å². The molecule has 0 aliphatic heterocycles. The molecular weight excluding hydrogens is 386 g/mol. The summed E-state index contributed by atoms with van der Waals surface area (Å²) < 4.78 is 46.8. The average Bonchev–Trinajstić information content (AvgIpc) is 3.08. The lowest BCUT2D eigenvalue weighted by Gasteiger charge is -2.28. The van der Waals surface area contributed by atoms with Gasteiger partial charge in [0.1, 0.15) is 17.0 Å². The van der Waals surface area contributed by atoms with E-state index in [-0.39, 0.29) is 23.6 Å². The highest BCUT2D eigenvalue weighted by atomic mass is 19.1. The van der Waals surface area contributed by atoms with E-state index in [2.05, 4.69) is 6.92 Å². The molecule has 1 heterocycles. The Bertz CT molecular complexity index is 1000. The SMILES string of the molecule is CCCCCOc1cc2oc3cc(C4CCC(OCC)CC4)c(F)cc3c2cc1F. The summed E-state index contributed by atoms with van der Waals surface area (Å²) in [6.45, 7) is 5.31. The zero-order valence-electron chi connectivity index (χ0n) is 17.8. The highest BCUT2D eigenvalue weighted by molar-refractivity contribution is 6.05. The molecule has 3 aromatic rings. The molecule has 0 bridgehead atoms. The molecule has 2 aromatic carbocycles. The van der Waals surface area contributed by atoms with Gasteiger partial charge in [0, 0.05) is 23.4 Å². The molecule has 1 aromatic heterocycles. The lowest BCUT2D eigenvalue weighted by molar-refractivity contribution is 0.0326. The fourth-order valence-electron chi connectivity index (χ4n) is 4.55. The quantitative estimate of drug-likeness (QED) is 0.356. The van der Waals surface area contributed by atoms with Crippen molar-refractivity contribution in [3.05, 3.63) is 41.5 Å². The monoisotopic (exact) mass is 416 g/mol. The van der Waals surface area contributed by atoms with E-state index in [9.17, 15) is 8.78 Å². The van der Waals surface area contributed by atoms with Crippen LogP contribution in [0, 0.1) is 11.6 Å². The minimum Gasteiger partial charge on any atom is -0.490 e. The Morgan fingerprint density at radius 3 is 2.30 bits per heavy atom. The van der Waals surface area contributed by atoms with Crippen molar-refractivity contribution in [2.75, 3.05) is 13.2 Å². The normalized spacial score (nSPS) is 19.6. The second-order valence-electron chi connectivity index (χ2n) is 8.24. The number of halogens is 2. The van der Waals surface area contributed by atoms with Gasteiger partial charge in [0.2, 0.25) is 0 Å². The summed E-state index contributed by atoms with van der Waals surface area (Å²) in [5.41, 5.74) is 1.80. The Kier molecular flexibility index (Phi) is 6.57. The summed E-state index contributed by atoms with van der Waals surface area (Å²) in [5.74, 6) is -0.341. The lowest BCUT2D eigenvalue weighted by Crippen LogP contribution is -2.21. The molecule has 0 N–H and O–H groups in total. The van der Waals surface area contributed by atoms with Crippen LogP contribution >= 0.6 is 0 Å². The molecule has 0 amide bonds. The van der Waals surface area contributed by atoms with Crippen molar-refractivity contribution in [2.45, 2.75) is 70.8 Å². The summed E-state index contributed by atoms with van der Waals surface area (Å²) in [5, 5.41) is 1.18. The van der Waals surface area contributed by atoms with E-state index in [0.29, 0.717) is 34.1 Å². The molecule has 1 aliphatic rings. The van der Waals surface area contributed by atoms with E-state index in [0.717, 1.165) is 51.6 Å². The highest BCUT2D eigenvalue weighted by Gasteiger charge is 2.26. The zero-order chi connectivity index (χ0) is 21.1. The number of rotatable bonds is 8. The van der Waals surface area contributed by atoms with Gasteiger partial charge in [0.15, 0.2) is 11.6 Å². The van der Waals surface area contributed by atoms with Crippen LogP contribution in [0.2, 0.25) is 0 Å². The van der Waals surface area contributed by atoms with Crippen LogP contribution in [0.1, 0.15) is 70.3 Å². The molecule has 1 aliphatic carbocycles. The summed E-state index contributed by atoms with van der Waals surface area (Å²) >= 11 is 0. The minimum absolute atomic E-state index is 0.161. The Balaban J connectivity index is 1.60. The number of furan rings is 1. The van der Waals surface area contributed by atoms with Gasteiger partial charge in [-0.15, -0.1) is 0 Å². The molecule has 0 saturated heterocycles. The Morgan fingerprint density at radius 1 is 0.900 bits per heavy atom. The van der Waals surface area contributed by atoms with E-state index in [1.165, 1.54) is 12.1 Å². The fourth-order valence-corrected chi connectivity index (χ4v) is 4.55. The van der Waals surface area contributed by atoms with Gasteiger partial charge < -0.3 is 13.9 Å². The summed E-state index contributed by atoms with van der Waals surface area (Å²) in [7, 11) is 0. The molecule has 30 heavy (non-hydrogen) atoms. The Labute approximate surface area is 176 Å². The van der Waals surface area contributed by atoms with E-state index in [1.807, 2.05) is 6.92 Å². The van der Waals surface area contributed by atoms with E-state index in [4.69, 9.17) is 13.9 Å². The molecular formula is C25H30F2O3. The van der Waals surface area contributed by atoms with E-state index in [1.54, 1.807) is 12.1 Å². The standard InChI is InChI=1S/C25H30F2O3/c1-3-5-6-11-29-25-15-24-20(13-22(25)27)19-12-21(26)18(14-23(19)30-24)16-7-9-17(10-8-16)28-4-2/h12-17H,3-11H2,1-2H3. The van der Waals surface area contributed by atoms with Gasteiger partial charge in [-0.1, -0.05) is 19.8 Å². The Morgan fingerprint density at radius 2 is 1.60 bits per heavy atom. The van der Waals surface area contributed by atoms with Gasteiger partial charge in [0.25, 0.3) is 0 Å². The van der Waals surface area contributed by atoms with Crippen molar-refractivity contribution in [1.29, 1.82) is 0 Å². The lowest BCUT2D eigenvalue weighted by atomic mass is 9.82. The number of hydrogen-bond donors (Lipinski definition) is 0. The summed E-state index contributed by atoms with van der Waals surface area (Å²) in [6.07, 6.45) is 6.98. The van der Waals surface area contributed by atoms with Crippen LogP contribution in [0.5, 0.6) is 5.75 Å². The number of unbranched alkanes of at least 4 members (excludes halogenated alkanes) is 2. The van der Waals surface area contributed by atoms with Gasteiger partial charge >= 0.3 is 0 Å². The molecule has 5 heteroatoms. The van der Waals surface area contributed by atoms with E-state index >= 15 is 0 Å². The topological polar surface area (TPSA) is 31.6 Å². The second-order valence-corrected chi connectivity index (χ2v) is 8.24. The summed E-state index contributed by atoms with van der Waals surface area (Å²) in [4.78, 5) is 0. The van der Waals surface area contributed by atoms with Crippen LogP contribution in [0.15, 0.2) is 28.7 Å². The van der Waals surface area contributed by atoms with Crippen LogP contribution in [0.4, 0.5) is 8.78 Å². The molecule has 0 atom stereocenters. The van der Waals surface area contributed by atoms with Crippen molar-refractivity contribution in [3.63, 3.8) is 0 Å². The predicted molar refractivity (Wildman–Crippen MR) is 115 cm³/mol. The first kappa shape index (κ1) is 21.1. The molecule has 0 unspecified atom stereocenters. The first-order chi connectivity index (χ1) is 14.6. The molecule has 1 saturated carbocycles. The third-order valence-electron chi connectivity index (χ3n) is 6.16. The maximum absolute atomic E-state index is 15.0. The molecule has 1 fully saturated rings. The number of benzene rings is 2. The average molecular weight is 417 g/mol. The van der Waals surface area contributed by atoms with Crippen LogP contribution in [0.25, 0.3) is 21.9 Å².